The third-order valence-corrected chi connectivity index (χ3v) is 2.19. The van der Waals surface area contributed by atoms with E-state index in [2.05, 4.69) is 9.10 Å². The van der Waals surface area contributed by atoms with Gasteiger partial charge in [0, 0.05) is 0 Å². The summed E-state index contributed by atoms with van der Waals surface area (Å²) in [5, 5.41) is 0.0714. The van der Waals surface area contributed by atoms with E-state index in [1.165, 1.54) is 25.3 Å². The summed E-state index contributed by atoms with van der Waals surface area (Å²) >= 11 is 5.70. The molecule has 5 nitrogen and oxygen atoms in total. The van der Waals surface area contributed by atoms with Crippen molar-refractivity contribution in [3.8, 4) is 0 Å². The molecule has 0 fully saturated rings. The van der Waals surface area contributed by atoms with E-state index < -0.39 is 16.5 Å². The van der Waals surface area contributed by atoms with Crippen molar-refractivity contribution >= 4 is 33.8 Å². The van der Waals surface area contributed by atoms with Gasteiger partial charge in [0.25, 0.3) is 0 Å². The largest absolute Gasteiger partial charge is 0.465 e. The number of carbonyl (C=O) groups is 1. The number of rotatable bonds is 2. The predicted octanol–water partition coefficient (Wildman–Crippen LogP) is 1.82. The normalized spacial score (nSPS) is 9.47. The second-order valence-corrected chi connectivity index (χ2v) is 3.46. The molecule has 0 aliphatic heterocycles. The highest BCUT2D eigenvalue weighted by molar-refractivity contribution is 7.61. The number of esters is 1. The second-order valence-electron chi connectivity index (χ2n) is 2.44. The summed E-state index contributed by atoms with van der Waals surface area (Å²) in [4.78, 5) is 11.2. The van der Waals surface area contributed by atoms with E-state index in [1.54, 1.807) is 0 Å². The Hall–Kier alpha value is -1.40. The van der Waals surface area contributed by atoms with Crippen LogP contribution in [-0.2, 0) is 15.2 Å². The average molecular weight is 248 g/mol. The number of halogens is 1. The molecule has 0 bridgehead atoms. The first-order valence-corrected chi connectivity index (χ1v) is 5.15. The fourth-order valence-corrected chi connectivity index (χ4v) is 1.57. The highest BCUT2D eigenvalue weighted by atomic mass is 35.5. The van der Waals surface area contributed by atoms with Gasteiger partial charge in [0.2, 0.25) is 0 Å². The molecule has 0 aliphatic rings. The second kappa shape index (κ2) is 4.90. The number of methoxy groups -OCH3 is 1. The molecule has 0 saturated heterocycles. The number of hydrogen-bond acceptors (Lipinski definition) is 5. The van der Waals surface area contributed by atoms with Crippen molar-refractivity contribution in [2.45, 2.75) is 0 Å². The van der Waals surface area contributed by atoms with Gasteiger partial charge in [-0.1, -0.05) is 17.7 Å². The van der Waals surface area contributed by atoms with Crippen LogP contribution in [0.3, 0.4) is 0 Å². The van der Waals surface area contributed by atoms with Crippen molar-refractivity contribution in [2.75, 3.05) is 7.11 Å². The van der Waals surface area contributed by atoms with E-state index in [4.69, 9.17) is 11.6 Å². The van der Waals surface area contributed by atoms with E-state index in [9.17, 15) is 13.2 Å². The lowest BCUT2D eigenvalue weighted by molar-refractivity contribution is 0.0602. The van der Waals surface area contributed by atoms with Gasteiger partial charge >= 0.3 is 16.5 Å². The number of benzene rings is 1. The average Bonchev–Trinajstić information content (AvgIpc) is 2.19. The van der Waals surface area contributed by atoms with Gasteiger partial charge in [0.05, 0.1) is 17.7 Å². The van der Waals surface area contributed by atoms with Crippen LogP contribution in [0.1, 0.15) is 10.4 Å². The van der Waals surface area contributed by atoms with Crippen LogP contribution < -0.4 is 0 Å². The van der Waals surface area contributed by atoms with Crippen LogP contribution in [-0.4, -0.2) is 21.5 Å². The Balaban J connectivity index is 3.46. The number of hydrogen-bond donors (Lipinski definition) is 0. The lowest BCUT2D eigenvalue weighted by Crippen LogP contribution is -2.01. The molecule has 15 heavy (non-hydrogen) atoms. The fraction of sp³-hybridized carbons (Fsp3) is 0.125. The summed E-state index contributed by atoms with van der Waals surface area (Å²) < 4.78 is 28.5. The molecule has 0 unspecified atom stereocenters. The van der Waals surface area contributed by atoms with Crippen molar-refractivity contribution in [1.82, 2.24) is 0 Å². The third-order valence-electron chi connectivity index (χ3n) is 1.56. The Morgan fingerprint density at radius 2 is 2.13 bits per heavy atom. The Kier molecular flexibility index (Phi) is 3.81. The molecule has 0 aromatic heterocycles. The smallest absolute Gasteiger partial charge is 0.340 e. The molecule has 7 heteroatoms. The lowest BCUT2D eigenvalue weighted by atomic mass is 10.2. The first-order chi connectivity index (χ1) is 7.06. The maximum Gasteiger partial charge on any atom is 0.340 e. The minimum atomic E-state index is -2.67. The topological polar surface area (TPSA) is 72.8 Å². The van der Waals surface area contributed by atoms with Gasteiger partial charge in [0.15, 0.2) is 0 Å². The molecule has 1 aromatic carbocycles. The van der Waals surface area contributed by atoms with E-state index >= 15 is 0 Å². The Labute approximate surface area is 92.3 Å². The Bertz CT molecular complexity index is 515. The first kappa shape index (κ1) is 11.7. The van der Waals surface area contributed by atoms with Crippen molar-refractivity contribution < 1.29 is 17.9 Å². The standard InChI is InChI=1S/C8H6ClNO4S/c1-14-8(11)5-3-2-4-6(9)7(5)10-15(12)13/h2-4H,1H3. The number of nitrogens with zero attached hydrogens (tertiary/aromatic N) is 1. The summed E-state index contributed by atoms with van der Waals surface area (Å²) in [6.07, 6.45) is 0. The number of ether oxygens (including phenoxy) is 1. The SMILES string of the molecule is COC(=O)c1cccc(Cl)c1N=S(=O)=O. The van der Waals surface area contributed by atoms with E-state index in [1.807, 2.05) is 0 Å². The van der Waals surface area contributed by atoms with Gasteiger partial charge in [-0.15, -0.1) is 4.36 Å². The molecule has 0 aliphatic carbocycles. The van der Waals surface area contributed by atoms with E-state index in [0.29, 0.717) is 0 Å². The first-order valence-electron chi connectivity index (χ1n) is 3.74. The van der Waals surface area contributed by atoms with Gasteiger partial charge in [-0.2, -0.15) is 8.42 Å². The molecule has 0 spiro atoms. The van der Waals surface area contributed by atoms with Crippen molar-refractivity contribution in [2.24, 2.45) is 4.36 Å². The highest BCUT2D eigenvalue weighted by Gasteiger charge is 2.14. The van der Waals surface area contributed by atoms with Gasteiger partial charge < -0.3 is 4.74 Å². The minimum Gasteiger partial charge on any atom is -0.465 e. The fourth-order valence-electron chi connectivity index (χ4n) is 0.957. The quantitative estimate of drug-likeness (QED) is 0.748. The van der Waals surface area contributed by atoms with Crippen LogP contribution >= 0.6 is 11.6 Å². The molecule has 0 saturated carbocycles. The zero-order valence-electron chi connectivity index (χ0n) is 7.60. The van der Waals surface area contributed by atoms with Gasteiger partial charge in [-0.05, 0) is 12.1 Å². The van der Waals surface area contributed by atoms with Gasteiger partial charge in [-0.25, -0.2) is 4.79 Å². The molecule has 0 radical (unpaired) electrons. The summed E-state index contributed by atoms with van der Waals surface area (Å²) in [5.41, 5.74) is -0.103. The summed E-state index contributed by atoms with van der Waals surface area (Å²) in [5.74, 6) is -0.693. The third kappa shape index (κ3) is 2.77. The zero-order valence-corrected chi connectivity index (χ0v) is 9.17. The van der Waals surface area contributed by atoms with Crippen molar-refractivity contribution in [3.63, 3.8) is 0 Å². The maximum absolute atomic E-state index is 11.2. The van der Waals surface area contributed by atoms with Gasteiger partial charge in [0.1, 0.15) is 5.69 Å². The van der Waals surface area contributed by atoms with Gasteiger partial charge in [-0.3, -0.25) is 0 Å². The summed E-state index contributed by atoms with van der Waals surface area (Å²) in [7, 11) is -1.49. The predicted molar refractivity (Wildman–Crippen MR) is 53.8 cm³/mol. The maximum atomic E-state index is 11.2. The van der Waals surface area contributed by atoms with E-state index in [-0.39, 0.29) is 16.3 Å². The molecule has 0 atom stereocenters. The van der Waals surface area contributed by atoms with Crippen LogP contribution in [0.15, 0.2) is 22.6 Å². The van der Waals surface area contributed by atoms with Crippen LogP contribution in [0.2, 0.25) is 5.02 Å². The van der Waals surface area contributed by atoms with Crippen molar-refractivity contribution in [3.05, 3.63) is 28.8 Å². The monoisotopic (exact) mass is 247 g/mol. The molecule has 1 aromatic rings. The molecular weight excluding hydrogens is 242 g/mol. The van der Waals surface area contributed by atoms with Crippen molar-refractivity contribution in [1.29, 1.82) is 0 Å². The van der Waals surface area contributed by atoms with Crippen LogP contribution in [0.4, 0.5) is 5.69 Å². The Morgan fingerprint density at radius 1 is 1.47 bits per heavy atom. The summed E-state index contributed by atoms with van der Waals surface area (Å²) in [6, 6.07) is 4.31. The molecule has 0 heterocycles. The minimum absolute atomic E-state index is 0.00852. The molecule has 0 N–H and O–H groups in total. The van der Waals surface area contributed by atoms with Crippen LogP contribution in [0.25, 0.3) is 0 Å². The van der Waals surface area contributed by atoms with E-state index in [0.717, 1.165) is 0 Å². The summed E-state index contributed by atoms with van der Waals surface area (Å²) in [6.45, 7) is 0. The molecule has 1 rings (SSSR count). The van der Waals surface area contributed by atoms with Crippen LogP contribution in [0, 0.1) is 0 Å². The zero-order chi connectivity index (χ0) is 11.4. The molecule has 0 amide bonds. The number of carbonyl (C=O) groups excluding carboxylic acids is 1. The highest BCUT2D eigenvalue weighted by Crippen LogP contribution is 2.29. The molecular formula is C8H6ClNO4S. The molecule has 80 valence electrons. The van der Waals surface area contributed by atoms with Crippen LogP contribution in [0.5, 0.6) is 0 Å². The Morgan fingerprint density at radius 3 is 2.67 bits per heavy atom. The lowest BCUT2D eigenvalue weighted by Gasteiger charge is -2.02.